The summed E-state index contributed by atoms with van der Waals surface area (Å²) in [7, 11) is 0. The summed E-state index contributed by atoms with van der Waals surface area (Å²) in [6.07, 6.45) is 0. The highest BCUT2D eigenvalue weighted by Crippen LogP contribution is 2.23. The van der Waals surface area contributed by atoms with Crippen LogP contribution in [0.4, 0.5) is 0 Å². The Kier molecular flexibility index (Phi) is 7.12. The monoisotopic (exact) mass is 396 g/mol. The first-order chi connectivity index (χ1) is 13.6. The predicted molar refractivity (Wildman–Crippen MR) is 117 cm³/mol. The van der Waals surface area contributed by atoms with Gasteiger partial charge in [0.25, 0.3) is 5.91 Å². The van der Waals surface area contributed by atoms with Crippen LogP contribution in [0.5, 0.6) is 0 Å². The highest BCUT2D eigenvalue weighted by molar-refractivity contribution is 7.98. The number of likely N-dealkylation sites (N-methyl/N-ethyl adjacent to an activating group) is 1. The number of carbonyl (C=O) groups is 1. The van der Waals surface area contributed by atoms with Crippen molar-refractivity contribution in [3.05, 3.63) is 59.7 Å². The number of carbonyl (C=O) groups excluding carboxylic acids is 1. The fraction of sp³-hybridized carbons (Fsp3) is 0.364. The summed E-state index contributed by atoms with van der Waals surface area (Å²) < 4.78 is 0. The highest BCUT2D eigenvalue weighted by Gasteiger charge is 2.09. The Morgan fingerprint density at radius 1 is 1.18 bits per heavy atom. The molecule has 148 valence electrons. The first-order valence-electron chi connectivity index (χ1n) is 9.75. The molecule has 0 spiro atoms. The van der Waals surface area contributed by atoms with Crippen molar-refractivity contribution in [1.29, 1.82) is 0 Å². The third-order valence-corrected chi connectivity index (χ3v) is 5.72. The molecule has 0 saturated carbocycles. The average Bonchev–Trinajstić information content (AvgIpc) is 3.12. The predicted octanol–water partition coefficient (Wildman–Crippen LogP) is 4.32. The van der Waals surface area contributed by atoms with Crippen molar-refractivity contribution in [3.63, 3.8) is 0 Å². The van der Waals surface area contributed by atoms with Gasteiger partial charge in [-0.15, -0.1) is 0 Å². The zero-order chi connectivity index (χ0) is 19.9. The van der Waals surface area contributed by atoms with Crippen molar-refractivity contribution in [2.24, 2.45) is 0 Å². The number of thioether (sulfide) groups is 1. The zero-order valence-electron chi connectivity index (χ0n) is 16.7. The lowest BCUT2D eigenvalue weighted by Gasteiger charge is -2.24. The molecule has 0 unspecified atom stereocenters. The van der Waals surface area contributed by atoms with Gasteiger partial charge in [-0.05, 0) is 50.2 Å². The van der Waals surface area contributed by atoms with Gasteiger partial charge in [-0.2, -0.15) is 0 Å². The van der Waals surface area contributed by atoms with Crippen LogP contribution in [0.2, 0.25) is 0 Å². The number of hydrogen-bond acceptors (Lipinski definition) is 4. The minimum atomic E-state index is -0.0173. The molecular weight excluding hydrogens is 368 g/mol. The molecule has 3 aromatic rings. The summed E-state index contributed by atoms with van der Waals surface area (Å²) in [4.78, 5) is 22.6. The van der Waals surface area contributed by atoms with Crippen molar-refractivity contribution in [1.82, 2.24) is 20.2 Å². The number of nitrogens with zero attached hydrogens (tertiary/aromatic N) is 2. The van der Waals surface area contributed by atoms with Crippen molar-refractivity contribution < 1.29 is 4.79 Å². The molecule has 28 heavy (non-hydrogen) atoms. The molecule has 3 rings (SSSR count). The van der Waals surface area contributed by atoms with Crippen molar-refractivity contribution in [2.75, 3.05) is 19.6 Å². The van der Waals surface area contributed by atoms with Gasteiger partial charge >= 0.3 is 0 Å². The number of benzene rings is 2. The van der Waals surface area contributed by atoms with E-state index in [0.29, 0.717) is 18.2 Å². The molecule has 0 fully saturated rings. The van der Waals surface area contributed by atoms with E-state index >= 15 is 0 Å². The number of rotatable bonds is 9. The maximum absolute atomic E-state index is 12.3. The van der Waals surface area contributed by atoms with E-state index in [0.717, 1.165) is 35.0 Å². The second kappa shape index (κ2) is 9.75. The normalized spacial score (nSPS) is 11.5. The second-order valence-electron chi connectivity index (χ2n) is 7.02. The number of para-hydroxylation sites is 2. The highest BCUT2D eigenvalue weighted by atomic mass is 32.2. The molecule has 2 aromatic carbocycles. The molecule has 1 heterocycles. The van der Waals surface area contributed by atoms with Crippen LogP contribution in [0.15, 0.2) is 53.7 Å². The summed E-state index contributed by atoms with van der Waals surface area (Å²) in [6, 6.07) is 16.3. The van der Waals surface area contributed by atoms with Crippen molar-refractivity contribution >= 4 is 28.7 Å². The Bertz CT molecular complexity index is 871. The molecule has 1 aromatic heterocycles. The lowest BCUT2D eigenvalue weighted by Crippen LogP contribution is -2.38. The van der Waals surface area contributed by atoms with Gasteiger partial charge in [0, 0.05) is 30.4 Å². The van der Waals surface area contributed by atoms with E-state index in [4.69, 9.17) is 0 Å². The standard InChI is InChI=1S/C22H28N4OS/c1-4-26(16(2)3)14-13-23-21(27)18-11-9-17(10-12-18)15-28-22-24-19-7-5-6-8-20(19)25-22/h5-12,16H,4,13-15H2,1-3H3,(H,23,27)(H,24,25). The largest absolute Gasteiger partial charge is 0.351 e. The van der Waals surface area contributed by atoms with Gasteiger partial charge in [0.15, 0.2) is 5.16 Å². The van der Waals surface area contributed by atoms with Gasteiger partial charge in [0.1, 0.15) is 0 Å². The lowest BCUT2D eigenvalue weighted by molar-refractivity contribution is 0.0946. The van der Waals surface area contributed by atoms with Crippen LogP contribution in [-0.4, -0.2) is 46.5 Å². The lowest BCUT2D eigenvalue weighted by atomic mass is 10.1. The molecule has 0 aliphatic heterocycles. The van der Waals surface area contributed by atoms with Gasteiger partial charge in [-0.25, -0.2) is 4.98 Å². The number of imidazole rings is 1. The third-order valence-electron chi connectivity index (χ3n) is 4.78. The molecule has 2 N–H and O–H groups in total. The molecule has 0 bridgehead atoms. The maximum atomic E-state index is 12.3. The molecule has 5 nitrogen and oxygen atoms in total. The van der Waals surface area contributed by atoms with E-state index < -0.39 is 0 Å². The van der Waals surface area contributed by atoms with Crippen LogP contribution < -0.4 is 5.32 Å². The second-order valence-corrected chi connectivity index (χ2v) is 7.99. The smallest absolute Gasteiger partial charge is 0.251 e. The molecule has 6 heteroatoms. The number of H-pyrrole nitrogens is 1. The maximum Gasteiger partial charge on any atom is 0.251 e. The Morgan fingerprint density at radius 3 is 2.61 bits per heavy atom. The molecular formula is C22H28N4OS. The molecule has 0 aliphatic carbocycles. The van der Waals surface area contributed by atoms with E-state index in [1.165, 1.54) is 5.56 Å². The number of hydrogen-bond donors (Lipinski definition) is 2. The Hall–Kier alpha value is -2.31. The van der Waals surface area contributed by atoms with Gasteiger partial charge in [0.05, 0.1) is 11.0 Å². The Morgan fingerprint density at radius 2 is 1.93 bits per heavy atom. The third kappa shape index (κ3) is 5.36. The van der Waals surface area contributed by atoms with E-state index in [1.807, 2.05) is 48.5 Å². The van der Waals surface area contributed by atoms with Crippen molar-refractivity contribution in [3.8, 4) is 0 Å². The Balaban J connectivity index is 1.49. The van der Waals surface area contributed by atoms with Gasteiger partial charge in [-0.3, -0.25) is 9.69 Å². The van der Waals surface area contributed by atoms with Crippen LogP contribution in [0.3, 0.4) is 0 Å². The molecule has 0 atom stereocenters. The number of nitrogens with one attached hydrogen (secondary N) is 2. The first kappa shape index (κ1) is 20.4. The average molecular weight is 397 g/mol. The molecule has 0 saturated heterocycles. The molecule has 0 aliphatic rings. The van der Waals surface area contributed by atoms with Crippen LogP contribution in [0.1, 0.15) is 36.7 Å². The van der Waals surface area contributed by atoms with Gasteiger partial charge < -0.3 is 10.3 Å². The minimum Gasteiger partial charge on any atom is -0.351 e. The first-order valence-corrected chi connectivity index (χ1v) is 10.7. The van der Waals surface area contributed by atoms with E-state index in [-0.39, 0.29) is 5.91 Å². The van der Waals surface area contributed by atoms with Crippen LogP contribution in [-0.2, 0) is 5.75 Å². The summed E-state index contributed by atoms with van der Waals surface area (Å²) in [6.45, 7) is 9.01. The minimum absolute atomic E-state index is 0.0173. The van der Waals surface area contributed by atoms with Gasteiger partial charge in [0.2, 0.25) is 0 Å². The fourth-order valence-electron chi connectivity index (χ4n) is 3.10. The zero-order valence-corrected chi connectivity index (χ0v) is 17.6. The summed E-state index contributed by atoms with van der Waals surface area (Å²) >= 11 is 1.66. The SMILES string of the molecule is CCN(CCNC(=O)c1ccc(CSc2nc3ccccc3[nH]2)cc1)C(C)C. The number of fused-ring (bicyclic) bond motifs is 1. The Labute approximate surface area is 170 Å². The summed E-state index contributed by atoms with van der Waals surface area (Å²) in [5.74, 6) is 0.790. The number of amides is 1. The molecule has 0 radical (unpaired) electrons. The van der Waals surface area contributed by atoms with Crippen LogP contribution in [0.25, 0.3) is 11.0 Å². The molecule has 1 amide bonds. The fourth-order valence-corrected chi connectivity index (χ4v) is 3.94. The van der Waals surface area contributed by atoms with Crippen LogP contribution >= 0.6 is 11.8 Å². The quantitative estimate of drug-likeness (QED) is 0.529. The van der Waals surface area contributed by atoms with Crippen molar-refractivity contribution in [2.45, 2.75) is 37.7 Å². The van der Waals surface area contributed by atoms with Gasteiger partial charge in [-0.1, -0.05) is 43.0 Å². The number of aromatic amines is 1. The summed E-state index contributed by atoms with van der Waals surface area (Å²) in [5.41, 5.74) is 3.90. The van der Waals surface area contributed by atoms with E-state index in [1.54, 1.807) is 11.8 Å². The number of aromatic nitrogens is 2. The summed E-state index contributed by atoms with van der Waals surface area (Å²) in [5, 5.41) is 3.92. The van der Waals surface area contributed by atoms with Crippen LogP contribution in [0, 0.1) is 0 Å². The van der Waals surface area contributed by atoms with E-state index in [2.05, 4.69) is 41.0 Å². The van der Waals surface area contributed by atoms with E-state index in [9.17, 15) is 4.79 Å². The topological polar surface area (TPSA) is 61.0 Å².